The molecular formula is C23H22N6O3. The van der Waals surface area contributed by atoms with Crippen LogP contribution in [0.1, 0.15) is 11.1 Å². The molecule has 1 fully saturated rings. The maximum Gasteiger partial charge on any atom is 0.328 e. The normalized spacial score (nSPS) is 22.1. The van der Waals surface area contributed by atoms with Crippen molar-refractivity contribution in [1.82, 2.24) is 14.7 Å². The molecule has 9 nitrogen and oxygen atoms in total. The molecule has 2 N–H and O–H groups in total. The number of benzene rings is 2. The molecule has 162 valence electrons. The van der Waals surface area contributed by atoms with Crippen LogP contribution in [0.5, 0.6) is 0 Å². The number of aliphatic imine (C=N–C) groups is 1. The van der Waals surface area contributed by atoms with Crippen molar-refractivity contribution in [2.45, 2.75) is 19.1 Å². The van der Waals surface area contributed by atoms with Crippen LogP contribution >= 0.6 is 0 Å². The predicted octanol–water partition coefficient (Wildman–Crippen LogP) is 1.56. The largest absolute Gasteiger partial charge is 0.368 e. The average Bonchev–Trinajstić information content (AvgIpc) is 3.33. The Labute approximate surface area is 185 Å². The third-order valence-electron chi connectivity index (χ3n) is 5.89. The second-order valence-electron chi connectivity index (χ2n) is 8.03. The van der Waals surface area contributed by atoms with Crippen LogP contribution in [0.3, 0.4) is 0 Å². The molecule has 0 bridgehead atoms. The standard InChI is InChI=1S/C23H22N6O3/c1-14-8-10-16(11-9-14)29-17(15-6-4-3-5-7-15)12-27-19-20(25-22(27)29)26(2)23(32)28(21(19)31)13-18(24)30/h3-12,19-20H,13H2,1-2H3,(H2,24,30). The van der Waals surface area contributed by atoms with E-state index in [4.69, 9.17) is 10.7 Å². The van der Waals surface area contributed by atoms with E-state index in [9.17, 15) is 14.4 Å². The van der Waals surface area contributed by atoms with E-state index < -0.39 is 36.6 Å². The van der Waals surface area contributed by atoms with Gasteiger partial charge in [-0.2, -0.15) is 0 Å². The number of rotatable bonds is 4. The molecule has 2 unspecified atom stereocenters. The van der Waals surface area contributed by atoms with E-state index in [0.29, 0.717) is 5.96 Å². The molecule has 3 aliphatic heterocycles. The Morgan fingerprint density at radius 3 is 2.41 bits per heavy atom. The van der Waals surface area contributed by atoms with Gasteiger partial charge in [0.25, 0.3) is 5.91 Å². The van der Waals surface area contributed by atoms with Crippen LogP contribution in [0.2, 0.25) is 0 Å². The topological polar surface area (TPSA) is 103 Å². The number of amides is 4. The fourth-order valence-corrected chi connectivity index (χ4v) is 4.30. The van der Waals surface area contributed by atoms with Gasteiger partial charge in [0.05, 0.1) is 5.70 Å². The van der Waals surface area contributed by atoms with Gasteiger partial charge in [-0.05, 0) is 19.1 Å². The summed E-state index contributed by atoms with van der Waals surface area (Å²) in [5.41, 5.74) is 9.12. The van der Waals surface area contributed by atoms with Gasteiger partial charge in [-0.15, -0.1) is 0 Å². The van der Waals surface area contributed by atoms with Crippen LogP contribution in [-0.4, -0.2) is 64.3 Å². The van der Waals surface area contributed by atoms with E-state index in [1.165, 1.54) is 4.90 Å². The van der Waals surface area contributed by atoms with Crippen LogP contribution in [0.25, 0.3) is 5.70 Å². The second-order valence-corrected chi connectivity index (χ2v) is 8.03. The molecule has 32 heavy (non-hydrogen) atoms. The Kier molecular flexibility index (Phi) is 4.47. The summed E-state index contributed by atoms with van der Waals surface area (Å²) in [5, 5.41) is 0. The van der Waals surface area contributed by atoms with Gasteiger partial charge in [0.2, 0.25) is 11.9 Å². The molecule has 0 spiro atoms. The molecule has 2 atom stereocenters. The minimum absolute atomic E-state index is 0.467. The number of imide groups is 1. The highest BCUT2D eigenvalue weighted by Crippen LogP contribution is 2.39. The van der Waals surface area contributed by atoms with Gasteiger partial charge in [0, 0.05) is 24.5 Å². The molecule has 2 aromatic carbocycles. The molecule has 3 heterocycles. The Bertz CT molecular complexity index is 1170. The van der Waals surface area contributed by atoms with Gasteiger partial charge >= 0.3 is 6.03 Å². The van der Waals surface area contributed by atoms with Crippen LogP contribution in [-0.2, 0) is 9.59 Å². The zero-order chi connectivity index (χ0) is 22.6. The number of anilines is 1. The number of carbonyl (C=O) groups excluding carboxylic acids is 3. The summed E-state index contributed by atoms with van der Waals surface area (Å²) in [7, 11) is 1.57. The zero-order valence-corrected chi connectivity index (χ0v) is 17.7. The Balaban J connectivity index is 1.61. The number of guanidine groups is 1. The number of hydrogen-bond donors (Lipinski definition) is 1. The van der Waals surface area contributed by atoms with Gasteiger partial charge in [-0.3, -0.25) is 24.3 Å². The van der Waals surface area contributed by atoms with Gasteiger partial charge < -0.3 is 10.6 Å². The predicted molar refractivity (Wildman–Crippen MR) is 119 cm³/mol. The fraction of sp³-hybridized carbons (Fsp3) is 0.217. The summed E-state index contributed by atoms with van der Waals surface area (Å²) in [6, 6.07) is 16.5. The summed E-state index contributed by atoms with van der Waals surface area (Å²) in [6.45, 7) is 1.55. The molecule has 4 amide bonds. The van der Waals surface area contributed by atoms with Crippen LogP contribution < -0.4 is 10.6 Å². The van der Waals surface area contributed by atoms with Gasteiger partial charge in [-0.25, -0.2) is 9.79 Å². The Hall–Kier alpha value is -4.14. The highest BCUT2D eigenvalue weighted by Gasteiger charge is 2.55. The van der Waals surface area contributed by atoms with E-state index in [0.717, 1.165) is 27.4 Å². The van der Waals surface area contributed by atoms with E-state index in [1.54, 1.807) is 11.9 Å². The lowest BCUT2D eigenvalue weighted by atomic mass is 10.1. The molecule has 9 heteroatoms. The summed E-state index contributed by atoms with van der Waals surface area (Å²) >= 11 is 0. The van der Waals surface area contributed by atoms with Crippen molar-refractivity contribution >= 4 is 35.2 Å². The second kappa shape index (κ2) is 7.23. The fourth-order valence-electron chi connectivity index (χ4n) is 4.30. The summed E-state index contributed by atoms with van der Waals surface area (Å²) in [5.74, 6) is -0.692. The van der Waals surface area contributed by atoms with E-state index >= 15 is 0 Å². The number of fused-ring (bicyclic) bond motifs is 3. The highest BCUT2D eigenvalue weighted by molar-refractivity contribution is 6.16. The summed E-state index contributed by atoms with van der Waals surface area (Å²) in [4.78, 5) is 48.3. The first-order valence-corrected chi connectivity index (χ1v) is 10.2. The SMILES string of the molecule is Cc1ccc(N2C(c3ccccc3)=CN3C2=NC2C3C(=O)N(CC(N)=O)C(=O)N2C)cc1. The van der Waals surface area contributed by atoms with Crippen LogP contribution in [0, 0.1) is 6.92 Å². The van der Waals surface area contributed by atoms with Crippen molar-refractivity contribution < 1.29 is 14.4 Å². The first kappa shape index (κ1) is 19.8. The molecule has 0 aromatic heterocycles. The van der Waals surface area contributed by atoms with E-state index in [-0.39, 0.29) is 0 Å². The molecule has 3 aliphatic rings. The monoisotopic (exact) mass is 430 g/mol. The lowest BCUT2D eigenvalue weighted by Gasteiger charge is -2.39. The van der Waals surface area contributed by atoms with Crippen molar-refractivity contribution in [2.24, 2.45) is 10.7 Å². The van der Waals surface area contributed by atoms with Crippen molar-refractivity contribution in [1.29, 1.82) is 0 Å². The maximum atomic E-state index is 13.3. The van der Waals surface area contributed by atoms with Gasteiger partial charge in [0.15, 0.2) is 12.2 Å². The van der Waals surface area contributed by atoms with Crippen molar-refractivity contribution in [3.63, 3.8) is 0 Å². The molecule has 2 aromatic rings. The number of aryl methyl sites for hydroxylation is 1. The third-order valence-corrected chi connectivity index (χ3v) is 5.89. The minimum atomic E-state index is -0.777. The quantitative estimate of drug-likeness (QED) is 0.793. The van der Waals surface area contributed by atoms with Gasteiger partial charge in [0.1, 0.15) is 6.54 Å². The minimum Gasteiger partial charge on any atom is -0.368 e. The van der Waals surface area contributed by atoms with Gasteiger partial charge in [-0.1, -0.05) is 48.0 Å². The number of nitrogens with zero attached hydrogens (tertiary/aromatic N) is 5. The third kappa shape index (κ3) is 2.93. The van der Waals surface area contributed by atoms with Crippen molar-refractivity contribution in [2.75, 3.05) is 18.5 Å². The zero-order valence-electron chi connectivity index (χ0n) is 17.7. The maximum absolute atomic E-state index is 13.3. The van der Waals surface area contributed by atoms with E-state index in [1.807, 2.05) is 72.6 Å². The molecule has 0 radical (unpaired) electrons. The Morgan fingerprint density at radius 1 is 1.06 bits per heavy atom. The number of urea groups is 1. The molecule has 0 aliphatic carbocycles. The van der Waals surface area contributed by atoms with Crippen LogP contribution in [0.4, 0.5) is 10.5 Å². The Morgan fingerprint density at radius 2 is 1.75 bits per heavy atom. The average molecular weight is 430 g/mol. The number of primary amides is 1. The number of likely N-dealkylation sites (N-methyl/N-ethyl adjacent to an activating group) is 1. The van der Waals surface area contributed by atoms with Crippen molar-refractivity contribution in [3.05, 3.63) is 71.9 Å². The first-order valence-electron chi connectivity index (χ1n) is 10.2. The lowest BCUT2D eigenvalue weighted by molar-refractivity contribution is -0.139. The summed E-state index contributed by atoms with van der Waals surface area (Å²) < 4.78 is 0. The number of carbonyl (C=O) groups is 3. The van der Waals surface area contributed by atoms with E-state index in [2.05, 4.69) is 0 Å². The lowest BCUT2D eigenvalue weighted by Crippen LogP contribution is -2.65. The smallest absolute Gasteiger partial charge is 0.328 e. The number of nitrogens with two attached hydrogens (primary N) is 1. The van der Waals surface area contributed by atoms with Crippen LogP contribution in [0.15, 0.2) is 65.8 Å². The summed E-state index contributed by atoms with van der Waals surface area (Å²) in [6.07, 6.45) is 1.18. The number of hydrogen-bond acceptors (Lipinski definition) is 6. The molecule has 1 saturated heterocycles. The first-order chi connectivity index (χ1) is 15.4. The van der Waals surface area contributed by atoms with Crippen molar-refractivity contribution in [3.8, 4) is 0 Å². The molecule has 5 rings (SSSR count). The highest BCUT2D eigenvalue weighted by atomic mass is 16.2. The molecule has 0 saturated carbocycles. The molecular weight excluding hydrogens is 408 g/mol.